The maximum absolute atomic E-state index is 11.0. The first-order valence-electron chi connectivity index (χ1n) is 8.10. The molecule has 3 unspecified atom stereocenters. The average molecular weight is 278 g/mol. The molecule has 1 heteroatoms. The highest BCUT2D eigenvalue weighted by Crippen LogP contribution is 2.58. The SMILES string of the molecule is OC(C1CC1c1ccccc1)C1(c2ccccc2)CCC1. The van der Waals surface area contributed by atoms with Crippen molar-refractivity contribution in [3.8, 4) is 0 Å². The van der Waals surface area contributed by atoms with Crippen molar-refractivity contribution in [3.05, 3.63) is 71.8 Å². The molecular weight excluding hydrogens is 256 g/mol. The Hall–Kier alpha value is -1.60. The molecule has 0 heterocycles. The zero-order chi connectivity index (χ0) is 14.3. The van der Waals surface area contributed by atoms with Crippen LogP contribution in [0.25, 0.3) is 0 Å². The summed E-state index contributed by atoms with van der Waals surface area (Å²) in [6.07, 6.45) is 4.46. The van der Waals surface area contributed by atoms with Gasteiger partial charge in [-0.2, -0.15) is 0 Å². The van der Waals surface area contributed by atoms with Gasteiger partial charge in [0.25, 0.3) is 0 Å². The van der Waals surface area contributed by atoms with Crippen LogP contribution in [0.1, 0.15) is 42.7 Å². The molecule has 1 nitrogen and oxygen atoms in total. The van der Waals surface area contributed by atoms with Crippen LogP contribution in [0.4, 0.5) is 0 Å². The molecule has 1 N–H and O–H groups in total. The minimum absolute atomic E-state index is 0.0233. The van der Waals surface area contributed by atoms with Gasteiger partial charge in [-0.1, -0.05) is 67.1 Å². The van der Waals surface area contributed by atoms with Gasteiger partial charge in [-0.15, -0.1) is 0 Å². The minimum Gasteiger partial charge on any atom is -0.392 e. The standard InChI is InChI=1S/C20H22O/c21-19(18-14-17(18)15-8-3-1-4-9-15)20(12-7-13-20)16-10-5-2-6-11-16/h1-6,8-11,17-19,21H,7,12-14H2. The van der Waals surface area contributed by atoms with Gasteiger partial charge in [-0.3, -0.25) is 0 Å². The van der Waals surface area contributed by atoms with Gasteiger partial charge < -0.3 is 5.11 Å². The molecule has 2 saturated carbocycles. The van der Waals surface area contributed by atoms with Gasteiger partial charge in [-0.25, -0.2) is 0 Å². The van der Waals surface area contributed by atoms with E-state index in [2.05, 4.69) is 60.7 Å². The number of aliphatic hydroxyl groups is 1. The van der Waals surface area contributed by atoms with Gasteiger partial charge in [0.15, 0.2) is 0 Å². The van der Waals surface area contributed by atoms with Gasteiger partial charge in [-0.05, 0) is 42.2 Å². The Bertz CT molecular complexity index is 600. The predicted molar refractivity (Wildman–Crippen MR) is 85.3 cm³/mol. The zero-order valence-electron chi connectivity index (χ0n) is 12.3. The first kappa shape index (κ1) is 13.1. The Kier molecular flexibility index (Phi) is 3.11. The normalized spacial score (nSPS) is 27.7. The Labute approximate surface area is 126 Å². The maximum Gasteiger partial charge on any atom is 0.0670 e. The lowest BCUT2D eigenvalue weighted by atomic mass is 9.60. The highest BCUT2D eigenvalue weighted by atomic mass is 16.3. The predicted octanol–water partition coefficient (Wildman–Crippen LogP) is 4.27. The van der Waals surface area contributed by atoms with Crippen LogP contribution >= 0.6 is 0 Å². The lowest BCUT2D eigenvalue weighted by molar-refractivity contribution is 0.0110. The number of hydrogen-bond acceptors (Lipinski definition) is 1. The number of hydrogen-bond donors (Lipinski definition) is 1. The molecule has 0 amide bonds. The monoisotopic (exact) mass is 278 g/mol. The summed E-state index contributed by atoms with van der Waals surface area (Å²) in [7, 11) is 0. The number of benzene rings is 2. The smallest absolute Gasteiger partial charge is 0.0670 e. The third-order valence-electron chi connectivity index (χ3n) is 5.63. The summed E-state index contributed by atoms with van der Waals surface area (Å²) in [6.45, 7) is 0. The van der Waals surface area contributed by atoms with Crippen LogP contribution in [0.5, 0.6) is 0 Å². The first-order chi connectivity index (χ1) is 10.3. The summed E-state index contributed by atoms with van der Waals surface area (Å²) >= 11 is 0. The molecule has 0 bridgehead atoms. The van der Waals surface area contributed by atoms with E-state index in [0.29, 0.717) is 11.8 Å². The van der Waals surface area contributed by atoms with E-state index in [1.54, 1.807) is 0 Å². The topological polar surface area (TPSA) is 20.2 Å². The van der Waals surface area contributed by atoms with Gasteiger partial charge in [0.05, 0.1) is 6.10 Å². The Morgan fingerprint density at radius 2 is 1.52 bits per heavy atom. The number of rotatable bonds is 4. The molecular formula is C20H22O. The van der Waals surface area contributed by atoms with Crippen molar-refractivity contribution in [2.75, 3.05) is 0 Å². The van der Waals surface area contributed by atoms with Crippen molar-refractivity contribution < 1.29 is 5.11 Å². The van der Waals surface area contributed by atoms with E-state index in [4.69, 9.17) is 0 Å². The molecule has 0 spiro atoms. The van der Waals surface area contributed by atoms with E-state index < -0.39 is 0 Å². The van der Waals surface area contributed by atoms with E-state index in [1.165, 1.54) is 17.5 Å². The second kappa shape index (κ2) is 4.99. The molecule has 0 aromatic heterocycles. The van der Waals surface area contributed by atoms with E-state index in [-0.39, 0.29) is 11.5 Å². The van der Waals surface area contributed by atoms with Gasteiger partial charge in [0, 0.05) is 5.41 Å². The molecule has 4 rings (SSSR count). The van der Waals surface area contributed by atoms with Crippen molar-refractivity contribution in [1.82, 2.24) is 0 Å². The average Bonchev–Trinajstić information content (AvgIpc) is 3.28. The fraction of sp³-hybridized carbons (Fsp3) is 0.400. The van der Waals surface area contributed by atoms with Crippen LogP contribution in [0.3, 0.4) is 0 Å². The van der Waals surface area contributed by atoms with Gasteiger partial charge in [0.2, 0.25) is 0 Å². The number of aliphatic hydroxyl groups excluding tert-OH is 1. The quantitative estimate of drug-likeness (QED) is 0.885. The van der Waals surface area contributed by atoms with Crippen LogP contribution in [-0.2, 0) is 5.41 Å². The molecule has 0 saturated heterocycles. The van der Waals surface area contributed by atoms with Crippen molar-refractivity contribution in [2.45, 2.75) is 43.1 Å². The maximum atomic E-state index is 11.0. The zero-order valence-corrected chi connectivity index (χ0v) is 12.3. The van der Waals surface area contributed by atoms with E-state index in [1.807, 2.05) is 0 Å². The second-order valence-corrected chi connectivity index (χ2v) is 6.74. The highest BCUT2D eigenvalue weighted by Gasteiger charge is 2.54. The van der Waals surface area contributed by atoms with Crippen LogP contribution in [0.15, 0.2) is 60.7 Å². The van der Waals surface area contributed by atoms with Crippen molar-refractivity contribution in [1.29, 1.82) is 0 Å². The lowest BCUT2D eigenvalue weighted by Gasteiger charge is -2.46. The molecule has 2 aromatic carbocycles. The van der Waals surface area contributed by atoms with Crippen LogP contribution < -0.4 is 0 Å². The van der Waals surface area contributed by atoms with Gasteiger partial charge in [0.1, 0.15) is 0 Å². The van der Waals surface area contributed by atoms with Crippen LogP contribution in [-0.4, -0.2) is 11.2 Å². The highest BCUT2D eigenvalue weighted by molar-refractivity contribution is 5.34. The summed E-state index contributed by atoms with van der Waals surface area (Å²) in [4.78, 5) is 0. The largest absolute Gasteiger partial charge is 0.392 e. The third-order valence-corrected chi connectivity index (χ3v) is 5.63. The van der Waals surface area contributed by atoms with Crippen LogP contribution in [0, 0.1) is 5.92 Å². The molecule has 2 fully saturated rings. The summed E-state index contributed by atoms with van der Waals surface area (Å²) < 4.78 is 0. The summed E-state index contributed by atoms with van der Waals surface area (Å²) in [5.41, 5.74) is 2.75. The first-order valence-corrected chi connectivity index (χ1v) is 8.10. The molecule has 0 aliphatic heterocycles. The molecule has 2 aromatic rings. The second-order valence-electron chi connectivity index (χ2n) is 6.74. The van der Waals surface area contributed by atoms with Crippen molar-refractivity contribution in [2.24, 2.45) is 5.92 Å². The summed E-state index contributed by atoms with van der Waals surface area (Å²) in [6, 6.07) is 21.3. The van der Waals surface area contributed by atoms with E-state index in [0.717, 1.165) is 19.3 Å². The molecule has 21 heavy (non-hydrogen) atoms. The molecule has 3 atom stereocenters. The summed E-state index contributed by atoms with van der Waals surface area (Å²) in [5.74, 6) is 0.996. The Morgan fingerprint density at radius 3 is 2.10 bits per heavy atom. The third kappa shape index (κ3) is 2.11. The summed E-state index contributed by atoms with van der Waals surface area (Å²) in [5, 5.41) is 11.0. The minimum atomic E-state index is -0.196. The molecule has 2 aliphatic rings. The fourth-order valence-electron chi connectivity index (χ4n) is 4.14. The Morgan fingerprint density at radius 1 is 0.905 bits per heavy atom. The Balaban J connectivity index is 1.56. The van der Waals surface area contributed by atoms with Gasteiger partial charge >= 0.3 is 0 Å². The molecule has 0 radical (unpaired) electrons. The lowest BCUT2D eigenvalue weighted by Crippen LogP contribution is -2.46. The molecule has 2 aliphatic carbocycles. The van der Waals surface area contributed by atoms with E-state index in [9.17, 15) is 5.11 Å². The fourth-order valence-corrected chi connectivity index (χ4v) is 4.14. The van der Waals surface area contributed by atoms with Crippen molar-refractivity contribution >= 4 is 0 Å². The molecule has 108 valence electrons. The van der Waals surface area contributed by atoms with Crippen LogP contribution in [0.2, 0.25) is 0 Å². The van der Waals surface area contributed by atoms with Crippen molar-refractivity contribution in [3.63, 3.8) is 0 Å². The van der Waals surface area contributed by atoms with E-state index >= 15 is 0 Å².